The van der Waals surface area contributed by atoms with Gasteiger partial charge in [-0.1, -0.05) is 22.6 Å². The first-order chi connectivity index (χ1) is 11.1. The highest BCUT2D eigenvalue weighted by atomic mass is 127. The molecular weight excluding hydrogens is 409 g/mol. The summed E-state index contributed by atoms with van der Waals surface area (Å²) in [6.45, 7) is 0.334. The first-order valence-electron chi connectivity index (χ1n) is 6.94. The fourth-order valence-corrected chi connectivity index (χ4v) is 2.79. The van der Waals surface area contributed by atoms with Crippen molar-refractivity contribution in [2.45, 2.75) is 13.0 Å². The number of nitriles is 1. The molecule has 0 amide bonds. The lowest BCUT2D eigenvalue weighted by molar-refractivity contribution is 0.615. The van der Waals surface area contributed by atoms with Gasteiger partial charge in [0.2, 0.25) is 0 Å². The molecule has 0 aliphatic carbocycles. The first-order valence-corrected chi connectivity index (χ1v) is 8.47. The number of aromatic nitrogens is 4. The van der Waals surface area contributed by atoms with E-state index in [0.29, 0.717) is 29.6 Å². The van der Waals surface area contributed by atoms with Crippen LogP contribution in [0.3, 0.4) is 0 Å². The molecule has 0 N–H and O–H groups in total. The van der Waals surface area contributed by atoms with Crippen LogP contribution in [0.2, 0.25) is 0 Å². The molecule has 116 valence electrons. The zero-order valence-electron chi connectivity index (χ0n) is 12.3. The largest absolute Gasteiger partial charge is 0.352 e. The summed E-state index contributed by atoms with van der Waals surface area (Å²) < 4.78 is 3.60. The average molecular weight is 421 g/mol. The Morgan fingerprint density at radius 3 is 2.78 bits per heavy atom. The monoisotopic (exact) mass is 421 g/mol. The summed E-state index contributed by atoms with van der Waals surface area (Å²) in [6, 6.07) is 7.05. The third-order valence-corrected chi connectivity index (χ3v) is 4.39. The van der Waals surface area contributed by atoms with Crippen LogP contribution in [0.5, 0.6) is 0 Å². The Balaban J connectivity index is 2.38. The van der Waals surface area contributed by atoms with Crippen LogP contribution in [0.1, 0.15) is 12.0 Å². The first kappa shape index (κ1) is 15.6. The minimum absolute atomic E-state index is 0.165. The third kappa shape index (κ3) is 2.61. The van der Waals surface area contributed by atoms with Gasteiger partial charge < -0.3 is 4.57 Å². The van der Waals surface area contributed by atoms with E-state index in [-0.39, 0.29) is 11.5 Å². The molecule has 3 rings (SSSR count). The summed E-state index contributed by atoms with van der Waals surface area (Å²) in [5.41, 5.74) is 0.877. The summed E-state index contributed by atoms with van der Waals surface area (Å²) in [5, 5.41) is 9.01. The van der Waals surface area contributed by atoms with Crippen LogP contribution in [0.4, 0.5) is 0 Å². The fraction of sp³-hybridized carbons (Fsp3) is 0.267. The second kappa shape index (κ2) is 6.08. The SMILES string of the molecule is Cn1c2nc(=O)n(CCCI)c(=O)c-2nc2ccc(C#N)cc21. The van der Waals surface area contributed by atoms with Crippen molar-refractivity contribution in [2.75, 3.05) is 4.43 Å². The van der Waals surface area contributed by atoms with Crippen LogP contribution in [-0.4, -0.2) is 23.5 Å². The number of halogens is 1. The topological polar surface area (TPSA) is 93.6 Å². The van der Waals surface area contributed by atoms with Gasteiger partial charge in [0.15, 0.2) is 11.5 Å². The van der Waals surface area contributed by atoms with Crippen LogP contribution in [0.25, 0.3) is 22.6 Å². The number of hydrogen-bond acceptors (Lipinski definition) is 5. The van der Waals surface area contributed by atoms with Crippen molar-refractivity contribution < 1.29 is 0 Å². The number of benzene rings is 1. The van der Waals surface area contributed by atoms with Gasteiger partial charge >= 0.3 is 5.69 Å². The highest BCUT2D eigenvalue weighted by molar-refractivity contribution is 14.1. The zero-order chi connectivity index (χ0) is 16.6. The molecule has 0 spiro atoms. The Hall–Kier alpha value is -2.28. The minimum atomic E-state index is -0.569. The summed E-state index contributed by atoms with van der Waals surface area (Å²) in [4.78, 5) is 33.1. The number of rotatable bonds is 3. The lowest BCUT2D eigenvalue weighted by Gasteiger charge is -2.14. The maximum Gasteiger partial charge on any atom is 0.352 e. The van der Waals surface area contributed by atoms with E-state index in [1.807, 2.05) is 0 Å². The van der Waals surface area contributed by atoms with Crippen molar-refractivity contribution in [3.05, 3.63) is 44.6 Å². The third-order valence-electron chi connectivity index (χ3n) is 3.62. The fourth-order valence-electron chi connectivity index (χ4n) is 2.45. The second-order valence-corrected chi connectivity index (χ2v) is 6.13. The second-order valence-electron chi connectivity index (χ2n) is 5.05. The van der Waals surface area contributed by atoms with E-state index in [0.717, 1.165) is 8.99 Å². The molecule has 0 atom stereocenters. The lowest BCUT2D eigenvalue weighted by atomic mass is 10.2. The van der Waals surface area contributed by atoms with Crippen LogP contribution < -0.4 is 11.2 Å². The smallest absolute Gasteiger partial charge is 0.325 e. The van der Waals surface area contributed by atoms with Gasteiger partial charge in [-0.3, -0.25) is 9.36 Å². The van der Waals surface area contributed by atoms with E-state index in [1.54, 1.807) is 29.8 Å². The van der Waals surface area contributed by atoms with Crippen LogP contribution in [0.15, 0.2) is 27.8 Å². The van der Waals surface area contributed by atoms with Gasteiger partial charge in [-0.15, -0.1) is 0 Å². The highest BCUT2D eigenvalue weighted by Gasteiger charge is 2.19. The summed E-state index contributed by atoms with van der Waals surface area (Å²) >= 11 is 2.20. The molecule has 23 heavy (non-hydrogen) atoms. The van der Waals surface area contributed by atoms with Gasteiger partial charge in [0.25, 0.3) is 5.56 Å². The number of hydrogen-bond donors (Lipinski definition) is 0. The van der Waals surface area contributed by atoms with E-state index in [9.17, 15) is 9.59 Å². The van der Waals surface area contributed by atoms with Crippen molar-refractivity contribution >= 4 is 33.6 Å². The van der Waals surface area contributed by atoms with Crippen LogP contribution in [-0.2, 0) is 13.6 Å². The Morgan fingerprint density at radius 1 is 1.30 bits per heavy atom. The quantitative estimate of drug-likeness (QED) is 0.361. The maximum absolute atomic E-state index is 12.6. The van der Waals surface area contributed by atoms with Gasteiger partial charge in [-0.25, -0.2) is 9.78 Å². The van der Waals surface area contributed by atoms with Gasteiger partial charge in [-0.05, 0) is 24.6 Å². The van der Waals surface area contributed by atoms with Crippen molar-refractivity contribution in [3.63, 3.8) is 0 Å². The minimum Gasteiger partial charge on any atom is -0.325 e. The molecule has 0 bridgehead atoms. The molecule has 0 radical (unpaired) electrons. The molecule has 0 aromatic heterocycles. The lowest BCUT2D eigenvalue weighted by Crippen LogP contribution is -2.38. The van der Waals surface area contributed by atoms with E-state index in [1.165, 1.54) is 0 Å². The van der Waals surface area contributed by atoms with Gasteiger partial charge in [0, 0.05) is 18.0 Å². The van der Waals surface area contributed by atoms with Crippen LogP contribution in [0, 0.1) is 11.3 Å². The number of alkyl halides is 1. The number of nitrogens with zero attached hydrogens (tertiary/aromatic N) is 5. The molecule has 2 aliphatic rings. The molecular formula is C15H12IN5O2. The van der Waals surface area contributed by atoms with Crippen molar-refractivity contribution in [1.29, 1.82) is 5.26 Å². The van der Waals surface area contributed by atoms with E-state index >= 15 is 0 Å². The Kier molecular flexibility index (Phi) is 4.12. The molecule has 1 aromatic rings. The highest BCUT2D eigenvalue weighted by Crippen LogP contribution is 2.20. The molecule has 0 saturated heterocycles. The standard InChI is InChI=1S/C15H12IN5O2/c1-20-11-7-9(8-17)3-4-10(11)18-12-13(20)19-15(23)21(14(12)22)6-2-5-16/h3-4,7H,2,5-6H2,1H3. The normalized spacial score (nSPS) is 11.0. The molecule has 1 aromatic carbocycles. The van der Waals surface area contributed by atoms with Gasteiger partial charge in [0.1, 0.15) is 0 Å². The maximum atomic E-state index is 12.6. The van der Waals surface area contributed by atoms with Gasteiger partial charge in [0.05, 0.1) is 22.7 Å². The molecule has 2 aliphatic heterocycles. The molecule has 7 nitrogen and oxygen atoms in total. The van der Waals surface area contributed by atoms with Crippen molar-refractivity contribution in [2.24, 2.45) is 7.05 Å². The summed E-state index contributed by atoms with van der Waals surface area (Å²) in [6.07, 6.45) is 0.716. The Bertz CT molecular complexity index is 1030. The van der Waals surface area contributed by atoms with Crippen molar-refractivity contribution in [3.8, 4) is 17.6 Å². The summed E-state index contributed by atoms with van der Waals surface area (Å²) in [5.74, 6) is 0.230. The molecule has 8 heteroatoms. The molecule has 2 heterocycles. The number of fused-ring (bicyclic) bond motifs is 2. The van der Waals surface area contributed by atoms with Gasteiger partial charge in [-0.2, -0.15) is 10.2 Å². The van der Waals surface area contributed by atoms with Crippen LogP contribution >= 0.6 is 22.6 Å². The average Bonchev–Trinajstić information content (AvgIpc) is 2.56. The molecule has 0 unspecified atom stereocenters. The Morgan fingerprint density at radius 2 is 2.09 bits per heavy atom. The van der Waals surface area contributed by atoms with Crippen molar-refractivity contribution in [1.82, 2.24) is 19.1 Å². The zero-order valence-corrected chi connectivity index (χ0v) is 14.4. The molecule has 0 saturated carbocycles. The van der Waals surface area contributed by atoms with E-state index < -0.39 is 11.2 Å². The summed E-state index contributed by atoms with van der Waals surface area (Å²) in [7, 11) is 1.70. The van der Waals surface area contributed by atoms with E-state index in [4.69, 9.17) is 5.26 Å². The predicted molar refractivity (Wildman–Crippen MR) is 93.9 cm³/mol. The van der Waals surface area contributed by atoms with E-state index in [2.05, 4.69) is 38.6 Å². The Labute approximate surface area is 144 Å². The predicted octanol–water partition coefficient (Wildman–Crippen LogP) is 1.29. The number of aryl methyl sites for hydroxylation is 1. The molecule has 0 fully saturated rings.